The van der Waals surface area contributed by atoms with E-state index in [0.29, 0.717) is 39.9 Å². The second-order valence-electron chi connectivity index (χ2n) is 7.22. The minimum Gasteiger partial charge on any atom is -0.494 e. The summed E-state index contributed by atoms with van der Waals surface area (Å²) in [6.45, 7) is 4.14. The smallest absolute Gasteiger partial charge is 0.282 e. The van der Waals surface area contributed by atoms with Crippen molar-refractivity contribution in [3.05, 3.63) is 94.4 Å². The second-order valence-corrected chi connectivity index (χ2v) is 7.66. The van der Waals surface area contributed by atoms with Crippen molar-refractivity contribution in [1.29, 1.82) is 0 Å². The summed E-state index contributed by atoms with van der Waals surface area (Å²) in [5.41, 5.74) is 2.39. The number of nitrogens with one attached hydrogen (secondary N) is 1. The number of halogens is 2. The Morgan fingerprint density at radius 3 is 2.44 bits per heavy atom. The molecule has 7 heteroatoms. The largest absolute Gasteiger partial charge is 0.494 e. The maximum atomic E-state index is 13.5. The van der Waals surface area contributed by atoms with Gasteiger partial charge in [0.1, 0.15) is 17.3 Å². The van der Waals surface area contributed by atoms with Crippen LogP contribution in [-0.4, -0.2) is 18.4 Å². The zero-order valence-corrected chi connectivity index (χ0v) is 18.2. The van der Waals surface area contributed by atoms with E-state index in [1.54, 1.807) is 49.4 Å². The van der Waals surface area contributed by atoms with Crippen LogP contribution in [0.4, 0.5) is 15.8 Å². The highest BCUT2D eigenvalue weighted by molar-refractivity contribution is 6.46. The predicted octanol–water partition coefficient (Wildman–Crippen LogP) is 5.58. The molecule has 0 radical (unpaired) electrons. The van der Waals surface area contributed by atoms with Crippen LogP contribution in [0.2, 0.25) is 5.02 Å². The molecule has 1 aliphatic heterocycles. The number of rotatable bonds is 6. The van der Waals surface area contributed by atoms with Gasteiger partial charge in [-0.3, -0.25) is 9.59 Å². The van der Waals surface area contributed by atoms with E-state index in [9.17, 15) is 14.0 Å². The lowest BCUT2D eigenvalue weighted by atomic mass is 10.0. The van der Waals surface area contributed by atoms with E-state index in [0.717, 1.165) is 4.90 Å². The Bertz CT molecular complexity index is 1240. The minimum absolute atomic E-state index is 0.101. The Morgan fingerprint density at radius 2 is 1.75 bits per heavy atom. The maximum absolute atomic E-state index is 13.5. The molecule has 2 amide bonds. The lowest BCUT2D eigenvalue weighted by Crippen LogP contribution is -2.33. The summed E-state index contributed by atoms with van der Waals surface area (Å²) in [7, 11) is 0. The highest BCUT2D eigenvalue weighted by Crippen LogP contribution is 2.36. The molecule has 3 aromatic rings. The summed E-state index contributed by atoms with van der Waals surface area (Å²) in [5, 5.41) is 3.58. The molecule has 0 aromatic heterocycles. The van der Waals surface area contributed by atoms with Crippen molar-refractivity contribution in [2.45, 2.75) is 13.8 Å². The van der Waals surface area contributed by atoms with E-state index in [1.807, 2.05) is 6.92 Å². The van der Waals surface area contributed by atoms with Gasteiger partial charge in [0.05, 0.1) is 17.9 Å². The van der Waals surface area contributed by atoms with Crippen molar-refractivity contribution < 1.29 is 18.7 Å². The number of imide groups is 1. The van der Waals surface area contributed by atoms with Crippen LogP contribution in [0.3, 0.4) is 0 Å². The van der Waals surface area contributed by atoms with Gasteiger partial charge in [-0.15, -0.1) is 0 Å². The Labute approximate surface area is 190 Å². The molecule has 1 aliphatic rings. The monoisotopic (exact) mass is 450 g/mol. The van der Waals surface area contributed by atoms with E-state index >= 15 is 0 Å². The molecular formula is C25H20ClFN2O3. The summed E-state index contributed by atoms with van der Waals surface area (Å²) in [4.78, 5) is 28.0. The van der Waals surface area contributed by atoms with Crippen molar-refractivity contribution in [3.8, 4) is 5.75 Å². The third-order valence-electron chi connectivity index (χ3n) is 5.03. The number of carbonyl (C=O) groups excluding carboxylic acids is 2. The number of aryl methyl sites for hydroxylation is 1. The number of anilines is 2. The fraction of sp³-hybridized carbons (Fsp3) is 0.120. The Hall–Kier alpha value is -3.64. The number of hydrogen-bond donors (Lipinski definition) is 1. The van der Waals surface area contributed by atoms with E-state index in [-0.39, 0.29) is 11.3 Å². The van der Waals surface area contributed by atoms with E-state index < -0.39 is 17.6 Å². The van der Waals surface area contributed by atoms with Gasteiger partial charge < -0.3 is 10.1 Å². The van der Waals surface area contributed by atoms with Crippen LogP contribution in [0.25, 0.3) is 5.57 Å². The van der Waals surface area contributed by atoms with Gasteiger partial charge in [-0.25, -0.2) is 9.29 Å². The molecule has 162 valence electrons. The highest BCUT2D eigenvalue weighted by Gasteiger charge is 2.40. The zero-order chi connectivity index (χ0) is 22.8. The molecule has 1 N–H and O–H groups in total. The van der Waals surface area contributed by atoms with Gasteiger partial charge in [-0.05, 0) is 67.4 Å². The molecule has 0 bridgehead atoms. The van der Waals surface area contributed by atoms with Gasteiger partial charge >= 0.3 is 0 Å². The molecule has 32 heavy (non-hydrogen) atoms. The van der Waals surface area contributed by atoms with Crippen molar-refractivity contribution in [3.63, 3.8) is 0 Å². The van der Waals surface area contributed by atoms with Crippen LogP contribution in [0.1, 0.15) is 18.1 Å². The molecule has 1 heterocycles. The number of amides is 2. The molecule has 0 saturated heterocycles. The summed E-state index contributed by atoms with van der Waals surface area (Å²) >= 11 is 6.05. The first-order valence-electron chi connectivity index (χ1n) is 10.0. The van der Waals surface area contributed by atoms with Gasteiger partial charge in [-0.2, -0.15) is 0 Å². The SMILES string of the molecule is CCOc1cccc(NC2=C(c3ccc(F)cc3)C(=O)N(c3ccc(Cl)cc3C)C2=O)c1. The van der Waals surface area contributed by atoms with Crippen LogP contribution < -0.4 is 15.0 Å². The van der Waals surface area contributed by atoms with Crippen LogP contribution in [0, 0.1) is 12.7 Å². The van der Waals surface area contributed by atoms with Gasteiger partial charge in [0.2, 0.25) is 0 Å². The van der Waals surface area contributed by atoms with Crippen LogP contribution in [0.5, 0.6) is 5.75 Å². The number of benzene rings is 3. The summed E-state index contributed by atoms with van der Waals surface area (Å²) < 4.78 is 19.0. The van der Waals surface area contributed by atoms with Crippen LogP contribution in [0.15, 0.2) is 72.4 Å². The molecular weight excluding hydrogens is 431 g/mol. The number of hydrogen-bond acceptors (Lipinski definition) is 4. The number of ether oxygens (including phenoxy) is 1. The Morgan fingerprint density at radius 1 is 1.00 bits per heavy atom. The van der Waals surface area contributed by atoms with Crippen molar-refractivity contribution in [2.75, 3.05) is 16.8 Å². The average Bonchev–Trinajstić information content (AvgIpc) is 2.99. The molecule has 0 saturated carbocycles. The third-order valence-corrected chi connectivity index (χ3v) is 5.27. The Kier molecular flexibility index (Phi) is 5.97. The molecule has 4 rings (SSSR count). The normalized spacial score (nSPS) is 13.7. The van der Waals surface area contributed by atoms with Gasteiger partial charge in [-0.1, -0.05) is 29.8 Å². The lowest BCUT2D eigenvalue weighted by molar-refractivity contribution is -0.120. The zero-order valence-electron chi connectivity index (χ0n) is 17.5. The maximum Gasteiger partial charge on any atom is 0.282 e. The Balaban J connectivity index is 1.81. The van der Waals surface area contributed by atoms with Gasteiger partial charge in [0, 0.05) is 16.8 Å². The van der Waals surface area contributed by atoms with Crippen LogP contribution in [-0.2, 0) is 9.59 Å². The molecule has 5 nitrogen and oxygen atoms in total. The second kappa shape index (κ2) is 8.85. The summed E-state index contributed by atoms with van der Waals surface area (Å²) in [5.74, 6) is -0.823. The topological polar surface area (TPSA) is 58.6 Å². The highest BCUT2D eigenvalue weighted by atomic mass is 35.5. The van der Waals surface area contributed by atoms with Gasteiger partial charge in [0.15, 0.2) is 0 Å². The molecule has 0 unspecified atom stereocenters. The summed E-state index contributed by atoms with van der Waals surface area (Å²) in [6, 6.07) is 17.5. The van der Waals surface area contributed by atoms with Crippen molar-refractivity contribution >= 4 is 40.4 Å². The van der Waals surface area contributed by atoms with Crippen LogP contribution >= 0.6 is 11.6 Å². The van der Waals surface area contributed by atoms with E-state index in [2.05, 4.69) is 5.32 Å². The van der Waals surface area contributed by atoms with Crippen molar-refractivity contribution in [1.82, 2.24) is 0 Å². The molecule has 0 spiro atoms. The quantitative estimate of drug-likeness (QED) is 0.498. The van der Waals surface area contributed by atoms with E-state index in [4.69, 9.17) is 16.3 Å². The van der Waals surface area contributed by atoms with E-state index in [1.165, 1.54) is 24.3 Å². The fourth-order valence-electron chi connectivity index (χ4n) is 3.59. The number of carbonyl (C=O) groups is 2. The first-order valence-corrected chi connectivity index (χ1v) is 10.4. The van der Waals surface area contributed by atoms with Gasteiger partial charge in [0.25, 0.3) is 11.8 Å². The molecule has 0 aliphatic carbocycles. The average molecular weight is 451 g/mol. The lowest BCUT2D eigenvalue weighted by Gasteiger charge is -2.18. The first-order chi connectivity index (χ1) is 15.4. The first kappa shape index (κ1) is 21.6. The molecule has 0 fully saturated rings. The number of nitrogens with zero attached hydrogens (tertiary/aromatic N) is 1. The standard InChI is InChI=1S/C25H20ClFN2O3/c1-3-32-20-6-4-5-19(14-20)28-23-22(16-7-10-18(27)11-8-16)24(30)29(25(23)31)21-12-9-17(26)13-15(21)2/h4-14,28H,3H2,1-2H3. The molecule has 0 atom stereocenters. The van der Waals surface area contributed by atoms with Crippen molar-refractivity contribution in [2.24, 2.45) is 0 Å². The summed E-state index contributed by atoms with van der Waals surface area (Å²) in [6.07, 6.45) is 0. The fourth-order valence-corrected chi connectivity index (χ4v) is 3.82. The minimum atomic E-state index is -0.512. The molecule has 3 aromatic carbocycles. The third kappa shape index (κ3) is 4.09. The predicted molar refractivity (Wildman–Crippen MR) is 123 cm³/mol.